The summed E-state index contributed by atoms with van der Waals surface area (Å²) in [6.07, 6.45) is 5.01. The maximum absolute atomic E-state index is 13.4. The summed E-state index contributed by atoms with van der Waals surface area (Å²) in [5.74, 6) is 0.539. The van der Waals surface area contributed by atoms with Crippen LogP contribution in [-0.2, 0) is 20.1 Å². The highest BCUT2D eigenvalue weighted by atomic mass is 35.5. The molecule has 0 aliphatic carbocycles. The predicted molar refractivity (Wildman–Crippen MR) is 132 cm³/mol. The molecule has 0 fully saturated rings. The van der Waals surface area contributed by atoms with Crippen LogP contribution in [0.1, 0.15) is 26.0 Å². The first-order chi connectivity index (χ1) is 16.2. The van der Waals surface area contributed by atoms with Crippen LogP contribution in [0.2, 0.25) is 5.02 Å². The maximum atomic E-state index is 13.4. The van der Waals surface area contributed by atoms with E-state index in [0.29, 0.717) is 16.5 Å². The summed E-state index contributed by atoms with van der Waals surface area (Å²) in [4.78, 5) is 35.1. The number of ether oxygens (including phenoxy) is 1. The molecule has 3 rings (SSSR count). The number of nitrogens with zero attached hydrogens (tertiary/aromatic N) is 5. The van der Waals surface area contributed by atoms with Gasteiger partial charge in [-0.3, -0.25) is 23.5 Å². The second kappa shape index (κ2) is 10.7. The molecule has 180 valence electrons. The summed E-state index contributed by atoms with van der Waals surface area (Å²) >= 11 is 5.98. The Morgan fingerprint density at radius 1 is 1.24 bits per heavy atom. The lowest BCUT2D eigenvalue weighted by Gasteiger charge is -2.14. The van der Waals surface area contributed by atoms with E-state index >= 15 is 0 Å². The Hall–Kier alpha value is -3.43. The third-order valence-electron chi connectivity index (χ3n) is 5.36. The summed E-state index contributed by atoms with van der Waals surface area (Å²) in [7, 11) is 1.54. The molecule has 0 saturated heterocycles. The Morgan fingerprint density at radius 3 is 2.53 bits per heavy atom. The zero-order valence-corrected chi connectivity index (χ0v) is 20.2. The third-order valence-corrected chi connectivity index (χ3v) is 5.58. The number of aliphatic hydroxyl groups is 1. The number of aryl methyl sites for hydroxylation is 1. The van der Waals surface area contributed by atoms with Crippen LogP contribution in [0.4, 0.5) is 0 Å². The molecular weight excluding hydrogens is 458 g/mol. The second-order valence-electron chi connectivity index (χ2n) is 7.98. The van der Waals surface area contributed by atoms with Crippen molar-refractivity contribution in [1.82, 2.24) is 23.7 Å². The van der Waals surface area contributed by atoms with Crippen molar-refractivity contribution in [3.05, 3.63) is 86.5 Å². The standard InChI is InChI=1S/C24H28ClN5O4/c1-6-18(15(3)4)19(7-2)34-23-27-21-20(30(23)14-17-10-9-16(25)13-26-17)22(32)29(11-8-12-31)24(33)28(21)5/h6-7,9-10,13,15,31H,1-2,8,11-12,14H2,3-5H3/b19-18-. The van der Waals surface area contributed by atoms with Crippen molar-refractivity contribution in [2.75, 3.05) is 6.61 Å². The number of fused-ring (bicyclic) bond motifs is 1. The van der Waals surface area contributed by atoms with E-state index in [4.69, 9.17) is 16.3 Å². The van der Waals surface area contributed by atoms with Gasteiger partial charge < -0.3 is 9.84 Å². The number of allylic oxidation sites excluding steroid dienone is 3. The van der Waals surface area contributed by atoms with Crippen molar-refractivity contribution >= 4 is 22.8 Å². The van der Waals surface area contributed by atoms with Crippen molar-refractivity contribution in [3.63, 3.8) is 0 Å². The molecule has 1 N–H and O–H groups in total. The van der Waals surface area contributed by atoms with Crippen LogP contribution >= 0.6 is 11.6 Å². The minimum atomic E-state index is -0.528. The molecule has 0 radical (unpaired) electrons. The number of hydrogen-bond donors (Lipinski definition) is 1. The molecule has 3 aromatic heterocycles. The molecule has 0 aromatic carbocycles. The quantitative estimate of drug-likeness (QED) is 0.349. The van der Waals surface area contributed by atoms with Crippen LogP contribution < -0.4 is 16.0 Å². The maximum Gasteiger partial charge on any atom is 0.332 e. The van der Waals surface area contributed by atoms with Gasteiger partial charge >= 0.3 is 11.7 Å². The first-order valence-corrected chi connectivity index (χ1v) is 11.2. The van der Waals surface area contributed by atoms with Crippen molar-refractivity contribution < 1.29 is 9.84 Å². The van der Waals surface area contributed by atoms with Gasteiger partial charge in [0, 0.05) is 26.4 Å². The number of pyridine rings is 1. The van der Waals surface area contributed by atoms with Crippen molar-refractivity contribution in [2.24, 2.45) is 13.0 Å². The van der Waals surface area contributed by atoms with Crippen LogP contribution in [0, 0.1) is 5.92 Å². The van der Waals surface area contributed by atoms with Crippen LogP contribution in [-0.4, -0.2) is 35.4 Å². The molecule has 0 atom stereocenters. The van der Waals surface area contributed by atoms with Gasteiger partial charge in [0.2, 0.25) is 0 Å². The monoisotopic (exact) mass is 485 g/mol. The van der Waals surface area contributed by atoms with Gasteiger partial charge in [-0.05, 0) is 36.1 Å². The number of hydrogen-bond acceptors (Lipinski definition) is 6. The topological polar surface area (TPSA) is 104 Å². The van der Waals surface area contributed by atoms with E-state index in [1.165, 1.54) is 17.8 Å². The van der Waals surface area contributed by atoms with Crippen LogP contribution in [0.3, 0.4) is 0 Å². The zero-order valence-electron chi connectivity index (χ0n) is 19.5. The van der Waals surface area contributed by atoms with Crippen molar-refractivity contribution in [3.8, 4) is 6.01 Å². The fourth-order valence-corrected chi connectivity index (χ4v) is 3.71. The lowest BCUT2D eigenvalue weighted by molar-refractivity contribution is 0.277. The molecule has 3 heterocycles. The molecule has 34 heavy (non-hydrogen) atoms. The van der Waals surface area contributed by atoms with Gasteiger partial charge in [-0.25, -0.2) is 4.79 Å². The van der Waals surface area contributed by atoms with Gasteiger partial charge in [0.25, 0.3) is 5.56 Å². The molecule has 0 spiro atoms. The first-order valence-electron chi connectivity index (χ1n) is 10.8. The minimum Gasteiger partial charge on any atom is -0.425 e. The van der Waals surface area contributed by atoms with Crippen LogP contribution in [0.25, 0.3) is 11.2 Å². The normalized spacial score (nSPS) is 12.2. The lowest BCUT2D eigenvalue weighted by atomic mass is 10.0. The molecule has 0 aliphatic heterocycles. The molecule has 0 aliphatic rings. The highest BCUT2D eigenvalue weighted by Crippen LogP contribution is 2.25. The Kier molecular flexibility index (Phi) is 7.90. The SMILES string of the molecule is C=C/C(Oc1nc2c(c(=O)n(CCCO)c(=O)n2C)n1Cc1ccc(Cl)cn1)=C(\C=C)C(C)C. The predicted octanol–water partition coefficient (Wildman–Crippen LogP) is 3.04. The van der Waals surface area contributed by atoms with Crippen molar-refractivity contribution in [2.45, 2.75) is 33.4 Å². The van der Waals surface area contributed by atoms with Crippen LogP contribution in [0.5, 0.6) is 6.01 Å². The third kappa shape index (κ3) is 4.90. The molecule has 0 saturated carbocycles. The van der Waals surface area contributed by atoms with Gasteiger partial charge in [-0.15, -0.1) is 0 Å². The van der Waals surface area contributed by atoms with E-state index in [-0.39, 0.29) is 49.2 Å². The number of halogens is 1. The average molecular weight is 486 g/mol. The van der Waals surface area contributed by atoms with Crippen LogP contribution in [0.15, 0.2) is 64.6 Å². The van der Waals surface area contributed by atoms with Gasteiger partial charge in [-0.1, -0.05) is 44.7 Å². The fourth-order valence-electron chi connectivity index (χ4n) is 3.60. The molecule has 3 aromatic rings. The van der Waals surface area contributed by atoms with Gasteiger partial charge in [0.1, 0.15) is 5.76 Å². The van der Waals surface area contributed by atoms with Gasteiger partial charge in [0.15, 0.2) is 11.2 Å². The number of rotatable bonds is 10. The summed E-state index contributed by atoms with van der Waals surface area (Å²) in [6, 6.07) is 3.54. The molecule has 9 nitrogen and oxygen atoms in total. The Bertz CT molecular complexity index is 1360. The molecule has 0 unspecified atom stereocenters. The fraction of sp³-hybridized carbons (Fsp3) is 0.333. The highest BCUT2D eigenvalue weighted by molar-refractivity contribution is 6.30. The lowest BCUT2D eigenvalue weighted by Crippen LogP contribution is -2.40. The number of aliphatic hydroxyl groups excluding tert-OH is 1. The summed E-state index contributed by atoms with van der Waals surface area (Å²) < 4.78 is 10.1. The Balaban J connectivity index is 2.31. The molecular formula is C24H28ClN5O4. The second-order valence-corrected chi connectivity index (χ2v) is 8.42. The Morgan fingerprint density at radius 2 is 1.97 bits per heavy atom. The van der Waals surface area contributed by atoms with Gasteiger partial charge in [0.05, 0.1) is 17.3 Å². The van der Waals surface area contributed by atoms with Gasteiger partial charge in [-0.2, -0.15) is 4.98 Å². The molecule has 0 bridgehead atoms. The highest BCUT2D eigenvalue weighted by Gasteiger charge is 2.23. The van der Waals surface area contributed by atoms with Crippen molar-refractivity contribution in [1.29, 1.82) is 0 Å². The average Bonchev–Trinajstić information content (AvgIpc) is 3.16. The number of aromatic nitrogens is 5. The molecule has 10 heteroatoms. The number of imidazole rings is 1. The first kappa shape index (κ1) is 25.2. The summed E-state index contributed by atoms with van der Waals surface area (Å²) in [5, 5.41) is 9.69. The summed E-state index contributed by atoms with van der Waals surface area (Å²) in [5.41, 5.74) is 0.723. The van der Waals surface area contributed by atoms with E-state index < -0.39 is 11.2 Å². The smallest absolute Gasteiger partial charge is 0.332 e. The van der Waals surface area contributed by atoms with E-state index in [1.54, 1.807) is 28.9 Å². The van der Waals surface area contributed by atoms with E-state index in [9.17, 15) is 14.7 Å². The summed E-state index contributed by atoms with van der Waals surface area (Å²) in [6.45, 7) is 11.8. The minimum absolute atomic E-state index is 0.0737. The van der Waals surface area contributed by atoms with E-state index in [2.05, 4.69) is 23.1 Å². The largest absolute Gasteiger partial charge is 0.425 e. The zero-order chi connectivity index (χ0) is 25.0. The Labute approximate surface area is 201 Å². The van der Waals surface area contributed by atoms with E-state index in [1.807, 2.05) is 13.8 Å². The molecule has 0 amide bonds. The van der Waals surface area contributed by atoms with E-state index in [0.717, 1.165) is 10.1 Å².